The Labute approximate surface area is 154 Å². The van der Waals surface area contributed by atoms with Crippen molar-refractivity contribution in [2.75, 3.05) is 23.3 Å². The van der Waals surface area contributed by atoms with Gasteiger partial charge in [0.15, 0.2) is 5.13 Å². The van der Waals surface area contributed by atoms with Crippen LogP contribution in [0.15, 0.2) is 43.5 Å². The largest absolute Gasteiger partial charge is 0.322 e. The lowest BCUT2D eigenvalue weighted by molar-refractivity contribution is -0.121. The average Bonchev–Trinajstić information content (AvgIpc) is 3.16. The van der Waals surface area contributed by atoms with Crippen LogP contribution in [0.1, 0.15) is 12.8 Å². The van der Waals surface area contributed by atoms with Gasteiger partial charge < -0.3 is 10.2 Å². The molecule has 2 heterocycles. The third-order valence-corrected chi connectivity index (χ3v) is 4.86. The fraction of sp³-hybridized carbons (Fsp3) is 0.222. The van der Waals surface area contributed by atoms with Crippen LogP contribution in [-0.2, 0) is 9.59 Å². The quantitative estimate of drug-likeness (QED) is 0.625. The Kier molecular flexibility index (Phi) is 5.13. The van der Waals surface area contributed by atoms with Crippen LogP contribution in [0.5, 0.6) is 0 Å². The zero-order valence-corrected chi connectivity index (χ0v) is 14.9. The Morgan fingerprint density at radius 2 is 1.88 bits per heavy atom. The highest BCUT2D eigenvalue weighted by molar-refractivity contribution is 7.22. The van der Waals surface area contributed by atoms with Gasteiger partial charge in [-0.1, -0.05) is 23.5 Å². The number of amides is 4. The summed E-state index contributed by atoms with van der Waals surface area (Å²) in [5.74, 6) is -0.459. The lowest BCUT2D eigenvalue weighted by atomic mass is 10.3. The SMILES string of the molecule is C=CCN(CC=C)C(=O)Nc1ccc2nc(N3C(=O)CCC3=O)sc2c1. The molecule has 2 aromatic rings. The van der Waals surface area contributed by atoms with Crippen molar-refractivity contribution in [1.29, 1.82) is 0 Å². The summed E-state index contributed by atoms with van der Waals surface area (Å²) in [7, 11) is 0. The summed E-state index contributed by atoms with van der Waals surface area (Å²) in [5, 5.41) is 3.19. The molecule has 26 heavy (non-hydrogen) atoms. The number of hydrogen-bond acceptors (Lipinski definition) is 5. The minimum Gasteiger partial charge on any atom is -0.317 e. The van der Waals surface area contributed by atoms with Crippen LogP contribution < -0.4 is 10.2 Å². The van der Waals surface area contributed by atoms with Crippen molar-refractivity contribution in [2.24, 2.45) is 0 Å². The smallest absolute Gasteiger partial charge is 0.317 e. The molecule has 8 heteroatoms. The number of imide groups is 1. The second-order valence-electron chi connectivity index (χ2n) is 5.71. The zero-order chi connectivity index (χ0) is 18.7. The molecule has 1 N–H and O–H groups in total. The Morgan fingerprint density at radius 1 is 1.23 bits per heavy atom. The average molecular weight is 370 g/mol. The van der Waals surface area contributed by atoms with Crippen molar-refractivity contribution in [3.63, 3.8) is 0 Å². The molecule has 1 saturated heterocycles. The van der Waals surface area contributed by atoms with Crippen LogP contribution in [0.4, 0.5) is 15.6 Å². The zero-order valence-electron chi connectivity index (χ0n) is 14.1. The normalized spacial score (nSPS) is 13.9. The molecule has 1 aromatic heterocycles. The van der Waals surface area contributed by atoms with Crippen LogP contribution in [0.25, 0.3) is 10.2 Å². The summed E-state index contributed by atoms with van der Waals surface area (Å²) in [6.07, 6.45) is 3.73. The number of thiazole rings is 1. The van der Waals surface area contributed by atoms with E-state index in [1.807, 2.05) is 0 Å². The van der Waals surface area contributed by atoms with E-state index in [1.54, 1.807) is 35.3 Å². The minimum atomic E-state index is -0.265. The summed E-state index contributed by atoms with van der Waals surface area (Å²) in [6, 6.07) is 5.00. The van der Waals surface area contributed by atoms with E-state index in [1.165, 1.54) is 11.3 Å². The first-order valence-electron chi connectivity index (χ1n) is 8.07. The van der Waals surface area contributed by atoms with Gasteiger partial charge in [-0.2, -0.15) is 0 Å². The van der Waals surface area contributed by atoms with Gasteiger partial charge in [0.1, 0.15) is 0 Å². The molecule has 1 aromatic carbocycles. The molecule has 0 aliphatic carbocycles. The summed E-state index contributed by atoms with van der Waals surface area (Å²) in [5.41, 5.74) is 1.28. The molecule has 7 nitrogen and oxygen atoms in total. The third-order valence-electron chi connectivity index (χ3n) is 3.86. The Bertz CT molecular complexity index is 879. The number of nitrogens with one attached hydrogen (secondary N) is 1. The second kappa shape index (κ2) is 7.49. The topological polar surface area (TPSA) is 82.6 Å². The van der Waals surface area contributed by atoms with Gasteiger partial charge in [-0.3, -0.25) is 9.59 Å². The molecule has 0 saturated carbocycles. The van der Waals surface area contributed by atoms with Gasteiger partial charge in [-0.25, -0.2) is 14.7 Å². The van der Waals surface area contributed by atoms with Crippen molar-refractivity contribution in [3.05, 3.63) is 43.5 Å². The van der Waals surface area contributed by atoms with Crippen molar-refractivity contribution < 1.29 is 14.4 Å². The summed E-state index contributed by atoms with van der Waals surface area (Å²) < 4.78 is 0.782. The number of rotatable bonds is 6. The number of hydrogen-bond donors (Lipinski definition) is 1. The van der Waals surface area contributed by atoms with Crippen molar-refractivity contribution in [1.82, 2.24) is 9.88 Å². The molecule has 0 atom stereocenters. The fourth-order valence-electron chi connectivity index (χ4n) is 2.63. The van der Waals surface area contributed by atoms with Gasteiger partial charge in [0.05, 0.1) is 10.2 Å². The Balaban J connectivity index is 1.82. The standard InChI is InChI=1S/C18H18N4O3S/c1-3-9-21(10-4-2)17(25)19-12-5-6-13-14(11-12)26-18(20-13)22-15(23)7-8-16(22)24/h3-6,11H,1-2,7-10H2,(H,19,25). The Morgan fingerprint density at radius 3 is 2.50 bits per heavy atom. The summed E-state index contributed by atoms with van der Waals surface area (Å²) in [6.45, 7) is 8.10. The molecular formula is C18H18N4O3S. The van der Waals surface area contributed by atoms with Crippen LogP contribution >= 0.6 is 11.3 Å². The molecular weight excluding hydrogens is 352 g/mol. The van der Waals surface area contributed by atoms with E-state index in [0.717, 1.165) is 9.60 Å². The van der Waals surface area contributed by atoms with Gasteiger partial charge in [0.2, 0.25) is 11.8 Å². The van der Waals surface area contributed by atoms with Crippen LogP contribution in [0.2, 0.25) is 0 Å². The molecule has 1 aliphatic rings. The van der Waals surface area contributed by atoms with E-state index >= 15 is 0 Å². The fourth-order valence-corrected chi connectivity index (χ4v) is 3.67. The molecule has 0 bridgehead atoms. The molecule has 134 valence electrons. The number of benzene rings is 1. The second-order valence-corrected chi connectivity index (χ2v) is 6.72. The molecule has 4 amide bonds. The van der Waals surface area contributed by atoms with Gasteiger partial charge in [0, 0.05) is 31.6 Å². The maximum Gasteiger partial charge on any atom is 0.322 e. The lowest BCUT2D eigenvalue weighted by Crippen LogP contribution is -2.35. The first kappa shape index (κ1) is 17.8. The first-order valence-corrected chi connectivity index (χ1v) is 8.89. The highest BCUT2D eigenvalue weighted by Crippen LogP contribution is 2.33. The first-order chi connectivity index (χ1) is 12.5. The number of anilines is 2. The van der Waals surface area contributed by atoms with Crippen LogP contribution in [0, 0.1) is 0 Å². The van der Waals surface area contributed by atoms with Crippen molar-refractivity contribution in [3.8, 4) is 0 Å². The van der Waals surface area contributed by atoms with Crippen LogP contribution in [0.3, 0.4) is 0 Å². The third kappa shape index (κ3) is 3.50. The molecule has 3 rings (SSSR count). The van der Waals surface area contributed by atoms with Gasteiger partial charge in [-0.15, -0.1) is 13.2 Å². The molecule has 1 aliphatic heterocycles. The summed E-state index contributed by atoms with van der Waals surface area (Å²) >= 11 is 1.25. The number of fused-ring (bicyclic) bond motifs is 1. The molecule has 1 fully saturated rings. The number of carbonyl (C=O) groups is 3. The van der Waals surface area contributed by atoms with E-state index in [4.69, 9.17) is 0 Å². The number of carbonyl (C=O) groups excluding carboxylic acids is 3. The van der Waals surface area contributed by atoms with E-state index < -0.39 is 0 Å². The molecule has 0 unspecified atom stereocenters. The molecule has 0 radical (unpaired) electrons. The highest BCUT2D eigenvalue weighted by Gasteiger charge is 2.32. The molecule has 0 spiro atoms. The van der Waals surface area contributed by atoms with E-state index in [-0.39, 0.29) is 30.7 Å². The number of urea groups is 1. The van der Waals surface area contributed by atoms with Crippen molar-refractivity contribution >= 4 is 50.2 Å². The monoisotopic (exact) mass is 370 g/mol. The van der Waals surface area contributed by atoms with Gasteiger partial charge >= 0.3 is 6.03 Å². The minimum absolute atomic E-state index is 0.221. The predicted octanol–water partition coefficient (Wildman–Crippen LogP) is 3.16. The maximum atomic E-state index is 12.3. The highest BCUT2D eigenvalue weighted by atomic mass is 32.1. The van der Waals surface area contributed by atoms with E-state index in [2.05, 4.69) is 23.5 Å². The van der Waals surface area contributed by atoms with E-state index in [9.17, 15) is 14.4 Å². The van der Waals surface area contributed by atoms with Gasteiger partial charge in [0.25, 0.3) is 0 Å². The van der Waals surface area contributed by atoms with Crippen molar-refractivity contribution in [2.45, 2.75) is 12.8 Å². The van der Waals surface area contributed by atoms with E-state index in [0.29, 0.717) is 29.4 Å². The maximum absolute atomic E-state index is 12.3. The Hall–Kier alpha value is -3.00. The summed E-state index contributed by atoms with van der Waals surface area (Å²) in [4.78, 5) is 43.1. The van der Waals surface area contributed by atoms with Gasteiger partial charge in [-0.05, 0) is 18.2 Å². The predicted molar refractivity (Wildman–Crippen MR) is 102 cm³/mol. The lowest BCUT2D eigenvalue weighted by Gasteiger charge is -2.19. The number of aromatic nitrogens is 1. The van der Waals surface area contributed by atoms with Crippen LogP contribution in [-0.4, -0.2) is 40.8 Å². The number of nitrogens with zero attached hydrogens (tertiary/aromatic N) is 3.